The van der Waals surface area contributed by atoms with Crippen molar-refractivity contribution in [3.8, 4) is 23.8 Å². The molecule has 0 radical (unpaired) electrons. The number of methoxy groups -OCH3 is 1. The fourth-order valence-electron chi connectivity index (χ4n) is 6.27. The molecule has 0 spiro atoms. The minimum atomic E-state index is -0.384. The summed E-state index contributed by atoms with van der Waals surface area (Å²) in [6.07, 6.45) is 13.7. The lowest BCUT2D eigenvalue weighted by Crippen LogP contribution is -2.39. The number of hydrogen-bond donors (Lipinski definition) is 1. The van der Waals surface area contributed by atoms with Crippen LogP contribution in [0.5, 0.6) is 11.5 Å². The number of phenolic OH excluding ortho intramolecular Hbond substituents is 1. The summed E-state index contributed by atoms with van der Waals surface area (Å²) in [6, 6.07) is 18.1. The molecule has 0 aromatic heterocycles. The zero-order valence-electron chi connectivity index (χ0n) is 29.7. The van der Waals surface area contributed by atoms with Gasteiger partial charge in [-0.2, -0.15) is 0 Å². The minimum absolute atomic E-state index is 0.0720. The van der Waals surface area contributed by atoms with Crippen LogP contribution in [-0.4, -0.2) is 87.3 Å². The Bertz CT molecular complexity index is 1790. The summed E-state index contributed by atoms with van der Waals surface area (Å²) in [7, 11) is 1.66. The van der Waals surface area contributed by atoms with Gasteiger partial charge in [0.2, 0.25) is 0 Å². The number of terminal acetylenes is 1. The van der Waals surface area contributed by atoms with Crippen molar-refractivity contribution in [1.82, 2.24) is 4.90 Å². The third-order valence-electron chi connectivity index (χ3n) is 9.02. The first kappa shape index (κ1) is 37.3. The Morgan fingerprint density at radius 1 is 0.941 bits per heavy atom. The maximum atomic E-state index is 11.2. The molecule has 1 aliphatic carbocycles. The fraction of sp³-hybridized carbons (Fsp3) is 0.366. The number of hydrogen-bond acceptors (Lipinski definition) is 9. The van der Waals surface area contributed by atoms with Gasteiger partial charge < -0.3 is 29.0 Å². The molecule has 268 valence electrons. The summed E-state index contributed by atoms with van der Waals surface area (Å²) in [5.74, 6) is 4.09. The van der Waals surface area contributed by atoms with Gasteiger partial charge in [0.25, 0.3) is 5.69 Å². The normalized spacial score (nSPS) is 14.8. The highest BCUT2D eigenvalue weighted by Gasteiger charge is 2.30. The molecule has 0 amide bonds. The van der Waals surface area contributed by atoms with Crippen molar-refractivity contribution in [3.63, 3.8) is 0 Å². The van der Waals surface area contributed by atoms with E-state index in [4.69, 9.17) is 25.4 Å². The van der Waals surface area contributed by atoms with Crippen LogP contribution in [0.2, 0.25) is 0 Å². The second-order valence-electron chi connectivity index (χ2n) is 12.3. The van der Waals surface area contributed by atoms with Crippen molar-refractivity contribution in [2.45, 2.75) is 32.7 Å². The topological polar surface area (TPSA) is 107 Å². The first-order chi connectivity index (χ1) is 24.9. The van der Waals surface area contributed by atoms with E-state index in [2.05, 4.69) is 53.9 Å². The van der Waals surface area contributed by atoms with Crippen molar-refractivity contribution in [3.05, 3.63) is 123 Å². The Kier molecular flexibility index (Phi) is 13.4. The molecule has 0 saturated heterocycles. The van der Waals surface area contributed by atoms with Gasteiger partial charge in [-0.1, -0.05) is 37.1 Å². The van der Waals surface area contributed by atoms with Crippen LogP contribution in [0.3, 0.4) is 0 Å². The third kappa shape index (κ3) is 9.45. The number of nitro groups is 1. The molecule has 1 aliphatic heterocycles. The largest absolute Gasteiger partial charge is 0.507 e. The summed E-state index contributed by atoms with van der Waals surface area (Å²) in [4.78, 5) is 15.3. The number of nitrogens with zero attached hydrogens (tertiary/aromatic N) is 3. The van der Waals surface area contributed by atoms with Crippen LogP contribution in [0.25, 0.3) is 5.57 Å². The zero-order valence-corrected chi connectivity index (χ0v) is 29.7. The monoisotopic (exact) mass is 693 g/mol. The quantitative estimate of drug-likeness (QED) is 0.0631. The molecule has 3 aromatic rings. The average Bonchev–Trinajstić information content (AvgIpc) is 3.14. The molecule has 3 aromatic carbocycles. The van der Waals surface area contributed by atoms with Crippen LogP contribution < -0.4 is 9.64 Å². The van der Waals surface area contributed by atoms with Gasteiger partial charge in [0.05, 0.1) is 37.4 Å². The zero-order chi connectivity index (χ0) is 36.2. The second-order valence-corrected chi connectivity index (χ2v) is 12.3. The molecular weight excluding hydrogens is 646 g/mol. The molecule has 5 rings (SSSR count). The van der Waals surface area contributed by atoms with Crippen LogP contribution >= 0.6 is 0 Å². The van der Waals surface area contributed by atoms with Crippen molar-refractivity contribution in [2.24, 2.45) is 0 Å². The number of phenols is 1. The molecule has 1 heterocycles. The van der Waals surface area contributed by atoms with E-state index < -0.39 is 0 Å². The molecule has 2 aliphatic rings. The minimum Gasteiger partial charge on any atom is -0.507 e. The molecule has 1 unspecified atom stereocenters. The van der Waals surface area contributed by atoms with E-state index in [1.807, 2.05) is 36.4 Å². The predicted molar refractivity (Wildman–Crippen MR) is 200 cm³/mol. The number of fused-ring (bicyclic) bond motifs is 2. The van der Waals surface area contributed by atoms with Gasteiger partial charge in [-0.3, -0.25) is 15.0 Å². The number of nitro benzene ring substituents is 1. The van der Waals surface area contributed by atoms with Crippen LogP contribution in [0.15, 0.2) is 90.2 Å². The van der Waals surface area contributed by atoms with Crippen LogP contribution in [-0.2, 0) is 20.6 Å². The van der Waals surface area contributed by atoms with Crippen LogP contribution in [0, 0.1) is 22.5 Å². The summed E-state index contributed by atoms with van der Waals surface area (Å²) < 4.78 is 23.5. The first-order valence-corrected chi connectivity index (χ1v) is 17.5. The van der Waals surface area contributed by atoms with E-state index >= 15 is 0 Å². The highest BCUT2D eigenvalue weighted by molar-refractivity contribution is 5.93. The van der Waals surface area contributed by atoms with Crippen molar-refractivity contribution in [2.75, 3.05) is 71.2 Å². The Labute approximate surface area is 300 Å². The fourth-order valence-corrected chi connectivity index (χ4v) is 6.27. The smallest absolute Gasteiger partial charge is 0.269 e. The van der Waals surface area contributed by atoms with Gasteiger partial charge in [-0.15, -0.1) is 6.42 Å². The highest BCUT2D eigenvalue weighted by Crippen LogP contribution is 2.46. The van der Waals surface area contributed by atoms with Crippen molar-refractivity contribution >= 4 is 16.9 Å². The molecule has 0 fully saturated rings. The van der Waals surface area contributed by atoms with E-state index in [1.54, 1.807) is 25.3 Å². The van der Waals surface area contributed by atoms with E-state index in [-0.39, 0.29) is 22.4 Å². The van der Waals surface area contributed by atoms with E-state index in [1.165, 1.54) is 0 Å². The number of allylic oxidation sites excluding steroid dienone is 1. The summed E-state index contributed by atoms with van der Waals surface area (Å²) in [5.41, 5.74) is 5.95. The number of rotatable bonds is 19. The van der Waals surface area contributed by atoms with Gasteiger partial charge in [-0.05, 0) is 61.7 Å². The van der Waals surface area contributed by atoms with Gasteiger partial charge in [-0.25, -0.2) is 0 Å². The lowest BCUT2D eigenvalue weighted by molar-refractivity contribution is -0.384. The number of benzene rings is 3. The van der Waals surface area contributed by atoms with E-state index in [0.29, 0.717) is 75.3 Å². The van der Waals surface area contributed by atoms with Crippen molar-refractivity contribution in [1.29, 1.82) is 0 Å². The van der Waals surface area contributed by atoms with Crippen LogP contribution in [0.4, 0.5) is 11.4 Å². The maximum absolute atomic E-state index is 11.2. The molecule has 10 heteroatoms. The van der Waals surface area contributed by atoms with Gasteiger partial charge >= 0.3 is 0 Å². The number of ether oxygens (including phenoxy) is 4. The Balaban J connectivity index is 1.47. The molecule has 51 heavy (non-hydrogen) atoms. The van der Waals surface area contributed by atoms with Gasteiger partial charge in [0.1, 0.15) is 17.3 Å². The van der Waals surface area contributed by atoms with Crippen molar-refractivity contribution < 1.29 is 29.0 Å². The van der Waals surface area contributed by atoms with E-state index in [9.17, 15) is 15.2 Å². The average molecular weight is 694 g/mol. The summed E-state index contributed by atoms with van der Waals surface area (Å²) in [6.45, 7) is 10.0. The summed E-state index contributed by atoms with van der Waals surface area (Å²) in [5, 5.41) is 22.3. The SMILES string of the molecule is C#Cc1ccc(C2=C3C=CC(N(CCOCCC)CCOCCOC)C=C3Oc3cc(N(CC)CCc4ccc([N+](=O)[O-])cc4)ccc32)c(O)c1. The van der Waals surface area contributed by atoms with Gasteiger partial charge in [0.15, 0.2) is 0 Å². The van der Waals surface area contributed by atoms with Gasteiger partial charge in [0, 0.05) is 91.6 Å². The maximum Gasteiger partial charge on any atom is 0.269 e. The lowest BCUT2D eigenvalue weighted by atomic mass is 9.86. The molecule has 1 atom stereocenters. The Morgan fingerprint density at radius 2 is 1.69 bits per heavy atom. The molecule has 1 N–H and O–H groups in total. The number of likely N-dealkylation sites (N-methyl/N-ethyl adjacent to an activating group) is 1. The lowest BCUT2D eigenvalue weighted by Gasteiger charge is -2.33. The Morgan fingerprint density at radius 3 is 2.35 bits per heavy atom. The standard InChI is InChI=1S/C41H47N3O7/c1-5-22-49-23-20-43(21-24-50-26-25-48-4)34-14-17-37-40(29-34)51-39-28-33(42(7-3)19-18-31-8-11-32(12-9-31)44(46)47)13-16-36(39)41(37)35-15-10-30(6-2)27-38(35)45/h2,8-17,27-29,34,45H,5,7,18-26H2,1,3-4H3. The summed E-state index contributed by atoms with van der Waals surface area (Å²) >= 11 is 0. The van der Waals surface area contributed by atoms with E-state index in [0.717, 1.165) is 47.3 Å². The molecule has 0 bridgehead atoms. The molecule has 10 nitrogen and oxygen atoms in total. The number of aromatic hydroxyl groups is 1. The third-order valence-corrected chi connectivity index (χ3v) is 9.02. The number of anilines is 1. The highest BCUT2D eigenvalue weighted by atomic mass is 16.6. The molecule has 0 saturated carbocycles. The molecular formula is C41H47N3O7. The predicted octanol–water partition coefficient (Wildman–Crippen LogP) is 6.76. The number of non-ortho nitro benzene ring substituents is 1. The second kappa shape index (κ2) is 18.4. The van der Waals surface area contributed by atoms with Crippen LogP contribution in [0.1, 0.15) is 42.5 Å². The Hall–Kier alpha value is -4.92. The first-order valence-electron chi connectivity index (χ1n) is 17.5.